The van der Waals surface area contributed by atoms with Crippen molar-refractivity contribution in [1.29, 1.82) is 0 Å². The molecule has 3 aliphatic rings. The molecular weight excluding hydrogens is 441 g/mol. The molecule has 14 heteroatoms. The van der Waals surface area contributed by atoms with Crippen molar-refractivity contribution in [3.63, 3.8) is 0 Å². The highest BCUT2D eigenvalue weighted by atomic mass is 19.4. The number of alkyl halides is 5. The summed E-state index contributed by atoms with van der Waals surface area (Å²) in [7, 11) is 0. The largest absolute Gasteiger partial charge is 0.586 e. The van der Waals surface area contributed by atoms with Crippen LogP contribution >= 0.6 is 0 Å². The molecule has 0 amide bonds. The number of rotatable bonds is 4. The van der Waals surface area contributed by atoms with Gasteiger partial charge in [-0.05, 0) is 24.1 Å². The van der Waals surface area contributed by atoms with Crippen LogP contribution in [0.4, 0.5) is 22.0 Å². The molecule has 9 nitrogen and oxygen atoms in total. The summed E-state index contributed by atoms with van der Waals surface area (Å²) in [6.07, 6.45) is -8.66. The van der Waals surface area contributed by atoms with Gasteiger partial charge in [-0.2, -0.15) is 13.2 Å². The van der Waals surface area contributed by atoms with Crippen LogP contribution in [-0.4, -0.2) is 63.7 Å². The number of aliphatic carboxylic acids is 3. The number of carbonyl (C=O) groups is 3. The number of piperidine rings is 1. The first-order valence-corrected chi connectivity index (χ1v) is 8.50. The van der Waals surface area contributed by atoms with Crippen molar-refractivity contribution in [2.75, 3.05) is 13.1 Å². The van der Waals surface area contributed by atoms with E-state index in [9.17, 15) is 41.8 Å². The van der Waals surface area contributed by atoms with E-state index in [1.807, 2.05) is 0 Å². The van der Waals surface area contributed by atoms with Crippen molar-refractivity contribution in [3.05, 3.63) is 23.8 Å². The Morgan fingerprint density at radius 3 is 1.90 bits per heavy atom. The molecule has 1 aromatic rings. The quantitative estimate of drug-likeness (QED) is 0.583. The predicted octanol–water partition coefficient (Wildman–Crippen LogP) is 2.00. The van der Waals surface area contributed by atoms with E-state index >= 15 is 0 Å². The minimum atomic E-state index is -5.08. The van der Waals surface area contributed by atoms with Gasteiger partial charge in [-0.1, -0.05) is 6.07 Å². The second-order valence-electron chi connectivity index (χ2n) is 7.35. The summed E-state index contributed by atoms with van der Waals surface area (Å²) in [6, 6.07) is 4.30. The number of benzene rings is 1. The van der Waals surface area contributed by atoms with E-state index < -0.39 is 41.2 Å². The Morgan fingerprint density at radius 2 is 1.45 bits per heavy atom. The van der Waals surface area contributed by atoms with Gasteiger partial charge in [0.05, 0.1) is 10.8 Å². The first-order chi connectivity index (χ1) is 14.1. The number of nitrogens with zero attached hydrogens (tertiary/aromatic N) is 1. The number of likely N-dealkylation sites (tertiary alicyclic amines) is 1. The summed E-state index contributed by atoms with van der Waals surface area (Å²) in [5.74, 6) is -5.15. The van der Waals surface area contributed by atoms with Gasteiger partial charge in [-0.25, -0.2) is 4.79 Å². The average molecular weight is 455 g/mol. The van der Waals surface area contributed by atoms with Crippen LogP contribution in [0.2, 0.25) is 0 Å². The fourth-order valence-electron chi connectivity index (χ4n) is 3.86. The Labute approximate surface area is 169 Å². The number of hydrogen-bond donors (Lipinski definition) is 3. The number of halogens is 5. The lowest BCUT2D eigenvalue weighted by atomic mass is 9.97. The van der Waals surface area contributed by atoms with Gasteiger partial charge < -0.3 is 24.8 Å². The molecule has 31 heavy (non-hydrogen) atoms. The lowest BCUT2D eigenvalue weighted by Gasteiger charge is -2.19. The maximum atomic E-state index is 13.0. The Bertz CT molecular complexity index is 923. The van der Waals surface area contributed by atoms with E-state index in [-0.39, 0.29) is 37.6 Å². The molecule has 170 valence electrons. The summed E-state index contributed by atoms with van der Waals surface area (Å²) in [5, 5.41) is 25.9. The van der Waals surface area contributed by atoms with Crippen molar-refractivity contribution in [1.82, 2.24) is 4.90 Å². The molecule has 4 rings (SSSR count). The van der Waals surface area contributed by atoms with Crippen molar-refractivity contribution in [2.24, 2.45) is 10.8 Å². The SMILES string of the molecule is O=C(O)C(F)(F)F.O=C(O)[C@@]12CN(Cc3ccc4c(c3)OC(F)(F)O4)C[C@]1(C(=O)O)C2. The minimum Gasteiger partial charge on any atom is -0.481 e. The van der Waals surface area contributed by atoms with Crippen molar-refractivity contribution in [2.45, 2.75) is 25.4 Å². The molecule has 1 saturated heterocycles. The van der Waals surface area contributed by atoms with Crippen LogP contribution in [0, 0.1) is 10.8 Å². The molecule has 3 N–H and O–H groups in total. The maximum Gasteiger partial charge on any atom is 0.586 e. The average Bonchev–Trinajstić information content (AvgIpc) is 2.99. The molecule has 0 spiro atoms. The molecule has 2 atom stereocenters. The minimum absolute atomic E-state index is 0.0722. The van der Waals surface area contributed by atoms with E-state index in [1.165, 1.54) is 12.1 Å². The number of carboxylic acid groups (broad SMARTS) is 3. The first kappa shape index (κ1) is 22.5. The van der Waals surface area contributed by atoms with Gasteiger partial charge in [0.15, 0.2) is 11.5 Å². The van der Waals surface area contributed by atoms with Crippen LogP contribution in [0.3, 0.4) is 0 Å². The molecule has 2 heterocycles. The van der Waals surface area contributed by atoms with E-state index in [2.05, 4.69) is 9.47 Å². The summed E-state index contributed by atoms with van der Waals surface area (Å²) in [6.45, 7) is 0.463. The van der Waals surface area contributed by atoms with Gasteiger partial charge in [0.1, 0.15) is 0 Å². The van der Waals surface area contributed by atoms with Crippen LogP contribution in [0.5, 0.6) is 11.5 Å². The summed E-state index contributed by atoms with van der Waals surface area (Å²) < 4.78 is 66.5. The van der Waals surface area contributed by atoms with Crippen LogP contribution in [0.15, 0.2) is 18.2 Å². The third-order valence-corrected chi connectivity index (χ3v) is 5.31. The van der Waals surface area contributed by atoms with E-state index in [1.54, 1.807) is 11.0 Å². The van der Waals surface area contributed by atoms with Crippen molar-refractivity contribution in [3.8, 4) is 11.5 Å². The van der Waals surface area contributed by atoms with Crippen LogP contribution in [-0.2, 0) is 20.9 Å². The highest BCUT2D eigenvalue weighted by Gasteiger charge is 2.80. The fourth-order valence-corrected chi connectivity index (χ4v) is 3.86. The molecule has 1 saturated carbocycles. The zero-order chi connectivity index (χ0) is 23.4. The monoisotopic (exact) mass is 455 g/mol. The second-order valence-corrected chi connectivity index (χ2v) is 7.35. The van der Waals surface area contributed by atoms with E-state index in [0.717, 1.165) is 0 Å². The maximum absolute atomic E-state index is 13.0. The highest BCUT2D eigenvalue weighted by Crippen LogP contribution is 2.68. The number of fused-ring (bicyclic) bond motifs is 2. The van der Waals surface area contributed by atoms with Gasteiger partial charge >= 0.3 is 30.4 Å². The van der Waals surface area contributed by atoms with Crippen molar-refractivity contribution < 1.29 is 61.1 Å². The molecule has 0 radical (unpaired) electrons. The number of carboxylic acids is 3. The molecular formula is C17H14F5NO8. The number of hydrogen-bond acceptors (Lipinski definition) is 6. The van der Waals surface area contributed by atoms with Crippen LogP contribution in [0.1, 0.15) is 12.0 Å². The fraction of sp³-hybridized carbons (Fsp3) is 0.471. The molecule has 0 bridgehead atoms. The molecule has 1 aliphatic carbocycles. The Kier molecular flexibility index (Phi) is 5.04. The summed E-state index contributed by atoms with van der Waals surface area (Å²) >= 11 is 0. The van der Waals surface area contributed by atoms with Crippen LogP contribution < -0.4 is 9.47 Å². The van der Waals surface area contributed by atoms with Gasteiger partial charge in [-0.3, -0.25) is 14.5 Å². The topological polar surface area (TPSA) is 134 Å². The van der Waals surface area contributed by atoms with Crippen LogP contribution in [0.25, 0.3) is 0 Å². The Morgan fingerprint density at radius 1 is 0.968 bits per heavy atom. The summed E-state index contributed by atoms with van der Waals surface area (Å²) in [5.41, 5.74) is -1.91. The molecule has 1 aromatic carbocycles. The zero-order valence-electron chi connectivity index (χ0n) is 15.3. The lowest BCUT2D eigenvalue weighted by Crippen LogP contribution is -2.28. The zero-order valence-corrected chi connectivity index (χ0v) is 15.3. The lowest BCUT2D eigenvalue weighted by molar-refractivity contribution is -0.286. The standard InChI is InChI=1S/C15H13F2NO6.C2HF3O2/c16-15(17)23-9-2-1-8(3-10(9)24-15)4-18-6-13(11(19)20)5-14(13,7-18)12(21)22;3-2(4,5)1(6)7/h1-3H,4-7H2,(H,19,20)(H,21,22);(H,6,7)/t13-,14+;. The van der Waals surface area contributed by atoms with Crippen molar-refractivity contribution >= 4 is 17.9 Å². The van der Waals surface area contributed by atoms with E-state index in [0.29, 0.717) is 5.56 Å². The molecule has 2 aliphatic heterocycles. The highest BCUT2D eigenvalue weighted by molar-refractivity contribution is 5.94. The van der Waals surface area contributed by atoms with Gasteiger partial charge in [0.2, 0.25) is 0 Å². The third-order valence-electron chi connectivity index (χ3n) is 5.31. The van der Waals surface area contributed by atoms with E-state index in [4.69, 9.17) is 9.90 Å². The first-order valence-electron chi connectivity index (χ1n) is 8.50. The van der Waals surface area contributed by atoms with Gasteiger partial charge in [-0.15, -0.1) is 8.78 Å². The second kappa shape index (κ2) is 6.93. The van der Waals surface area contributed by atoms with Gasteiger partial charge in [0.25, 0.3) is 0 Å². The normalized spacial score (nSPS) is 27.6. The third kappa shape index (κ3) is 3.94. The summed E-state index contributed by atoms with van der Waals surface area (Å²) in [4.78, 5) is 33.6. The Hall–Kier alpha value is -3.16. The van der Waals surface area contributed by atoms with Gasteiger partial charge in [0, 0.05) is 19.6 Å². The number of ether oxygens (including phenoxy) is 2. The predicted molar refractivity (Wildman–Crippen MR) is 86.4 cm³/mol. The smallest absolute Gasteiger partial charge is 0.481 e. The Balaban J connectivity index is 0.000000339. The molecule has 0 aromatic heterocycles. The molecule has 0 unspecified atom stereocenters. The molecule has 2 fully saturated rings.